The van der Waals surface area contributed by atoms with E-state index in [9.17, 15) is 0 Å². The van der Waals surface area contributed by atoms with E-state index in [-0.39, 0.29) is 11.7 Å². The summed E-state index contributed by atoms with van der Waals surface area (Å²) in [6, 6.07) is 2.05. The minimum absolute atomic E-state index is 0.00810. The molecule has 0 aliphatic carbocycles. The van der Waals surface area contributed by atoms with Gasteiger partial charge in [-0.25, -0.2) is 0 Å². The minimum atomic E-state index is 0.00810. The molecule has 2 aliphatic heterocycles. The highest BCUT2D eigenvalue weighted by atomic mass is 32.2. The third kappa shape index (κ3) is 3.88. The van der Waals surface area contributed by atoms with E-state index in [2.05, 4.69) is 44.3 Å². The van der Waals surface area contributed by atoms with Crippen LogP contribution >= 0.6 is 23.5 Å². The number of hydrogen-bond acceptors (Lipinski definition) is 4. The van der Waals surface area contributed by atoms with Crippen molar-refractivity contribution in [3.8, 4) is 0 Å². The molecule has 1 aromatic rings. The molecule has 2 saturated heterocycles. The smallest absolute Gasteiger partial charge is 0.0960 e. The third-order valence-corrected chi connectivity index (χ3v) is 8.03. The molecule has 0 aromatic carbocycles. The molecule has 2 atom stereocenters. The summed E-state index contributed by atoms with van der Waals surface area (Å²) < 4.78 is 12.1. The largest absolute Gasteiger partial charge is 0.472 e. The number of rotatable bonds is 5. The maximum absolute atomic E-state index is 6.52. The van der Waals surface area contributed by atoms with E-state index < -0.39 is 0 Å². The lowest BCUT2D eigenvalue weighted by molar-refractivity contribution is -0.0374. The highest BCUT2D eigenvalue weighted by Gasteiger charge is 2.45. The first kappa shape index (κ1) is 16.8. The van der Waals surface area contributed by atoms with Crippen LogP contribution in [-0.2, 0) is 4.74 Å². The molecule has 0 saturated carbocycles. The molecule has 2 nitrogen and oxygen atoms in total. The molecule has 2 unspecified atom stereocenters. The molecule has 0 amide bonds. The predicted molar refractivity (Wildman–Crippen MR) is 96.5 cm³/mol. The zero-order valence-electron chi connectivity index (χ0n) is 14.0. The van der Waals surface area contributed by atoms with Gasteiger partial charge in [-0.15, -0.1) is 23.5 Å². The molecule has 4 heteroatoms. The van der Waals surface area contributed by atoms with E-state index in [1.807, 2.05) is 12.3 Å². The van der Waals surface area contributed by atoms with Gasteiger partial charge >= 0.3 is 0 Å². The van der Waals surface area contributed by atoms with Gasteiger partial charge in [-0.3, -0.25) is 0 Å². The van der Waals surface area contributed by atoms with Gasteiger partial charge in [0.1, 0.15) is 0 Å². The Bertz CT molecular complexity index is 465. The molecular weight excluding hydrogens is 312 g/mol. The summed E-state index contributed by atoms with van der Waals surface area (Å²) in [4.78, 5) is 0. The van der Waals surface area contributed by atoms with Crippen LogP contribution in [-0.4, -0.2) is 21.2 Å². The van der Waals surface area contributed by atoms with Crippen molar-refractivity contribution in [2.45, 2.75) is 68.7 Å². The Balaban J connectivity index is 1.69. The van der Waals surface area contributed by atoms with Crippen molar-refractivity contribution < 1.29 is 9.15 Å². The van der Waals surface area contributed by atoms with Crippen molar-refractivity contribution in [1.82, 2.24) is 0 Å². The Labute approximate surface area is 143 Å². The molecule has 3 heterocycles. The van der Waals surface area contributed by atoms with Gasteiger partial charge in [0, 0.05) is 5.56 Å². The Kier molecular flexibility index (Phi) is 5.20. The van der Waals surface area contributed by atoms with Crippen LogP contribution in [0.4, 0.5) is 0 Å². The lowest BCUT2D eigenvalue weighted by atomic mass is 9.92. The minimum Gasteiger partial charge on any atom is -0.472 e. The summed E-state index contributed by atoms with van der Waals surface area (Å²) in [5.74, 6) is 3.36. The van der Waals surface area contributed by atoms with Crippen LogP contribution in [0.25, 0.3) is 0 Å². The lowest BCUT2D eigenvalue weighted by Crippen LogP contribution is -2.38. The maximum atomic E-state index is 6.52. The summed E-state index contributed by atoms with van der Waals surface area (Å²) in [7, 11) is 0. The topological polar surface area (TPSA) is 22.4 Å². The predicted octanol–water partition coefficient (Wildman–Crippen LogP) is 5.89. The molecule has 0 bridgehead atoms. The van der Waals surface area contributed by atoms with E-state index in [1.54, 1.807) is 6.26 Å². The van der Waals surface area contributed by atoms with Crippen LogP contribution in [0.5, 0.6) is 0 Å². The van der Waals surface area contributed by atoms with Crippen molar-refractivity contribution in [1.29, 1.82) is 0 Å². The SMILES string of the molecule is CC(C)CC1(CC2(C)CCC(c3ccoc3)O2)SCCCS1. The normalized spacial score (nSPS) is 31.7. The molecule has 1 aromatic heterocycles. The van der Waals surface area contributed by atoms with Crippen LogP contribution in [0, 0.1) is 5.92 Å². The molecule has 2 fully saturated rings. The molecule has 22 heavy (non-hydrogen) atoms. The van der Waals surface area contributed by atoms with Gasteiger partial charge in [-0.05, 0) is 62.5 Å². The molecule has 0 radical (unpaired) electrons. The van der Waals surface area contributed by atoms with Crippen molar-refractivity contribution in [2.75, 3.05) is 11.5 Å². The van der Waals surface area contributed by atoms with Crippen LogP contribution in [0.15, 0.2) is 23.0 Å². The number of furan rings is 1. The number of ether oxygens (including phenoxy) is 1. The molecular formula is C18H28O2S2. The van der Waals surface area contributed by atoms with Gasteiger partial charge < -0.3 is 9.15 Å². The van der Waals surface area contributed by atoms with Crippen molar-refractivity contribution in [3.05, 3.63) is 24.2 Å². The number of thioether (sulfide) groups is 2. The molecule has 124 valence electrons. The Morgan fingerprint density at radius 1 is 1.32 bits per heavy atom. The quantitative estimate of drug-likeness (QED) is 0.666. The summed E-state index contributed by atoms with van der Waals surface area (Å²) in [6.07, 6.45) is 9.89. The summed E-state index contributed by atoms with van der Waals surface area (Å²) >= 11 is 4.38. The average molecular weight is 341 g/mol. The number of hydrogen-bond donors (Lipinski definition) is 0. The third-order valence-electron chi connectivity index (χ3n) is 4.66. The van der Waals surface area contributed by atoms with E-state index >= 15 is 0 Å². The first-order valence-corrected chi connectivity index (χ1v) is 10.5. The summed E-state index contributed by atoms with van der Waals surface area (Å²) in [6.45, 7) is 7.03. The fourth-order valence-electron chi connectivity index (χ4n) is 3.82. The fourth-order valence-corrected chi connectivity index (χ4v) is 7.88. The van der Waals surface area contributed by atoms with Crippen molar-refractivity contribution >= 4 is 23.5 Å². The lowest BCUT2D eigenvalue weighted by Gasteiger charge is -2.42. The second-order valence-corrected chi connectivity index (χ2v) is 10.6. The molecule has 2 aliphatic rings. The average Bonchev–Trinajstić information content (AvgIpc) is 3.08. The van der Waals surface area contributed by atoms with E-state index in [0.29, 0.717) is 4.08 Å². The standard InChI is InChI=1S/C18H28O2S2/c1-14(2)11-18(21-9-4-10-22-18)13-17(3)7-5-16(20-17)15-6-8-19-12-15/h6,8,12,14,16H,4-5,7,9-11,13H2,1-3H3. The van der Waals surface area contributed by atoms with Crippen LogP contribution in [0.1, 0.15) is 64.5 Å². The summed E-state index contributed by atoms with van der Waals surface area (Å²) in [5, 5.41) is 0. The maximum Gasteiger partial charge on any atom is 0.0960 e. The fraction of sp³-hybridized carbons (Fsp3) is 0.778. The van der Waals surface area contributed by atoms with Crippen LogP contribution in [0.2, 0.25) is 0 Å². The van der Waals surface area contributed by atoms with E-state index in [1.165, 1.54) is 36.3 Å². The zero-order valence-corrected chi connectivity index (χ0v) is 15.6. The van der Waals surface area contributed by atoms with Crippen molar-refractivity contribution in [3.63, 3.8) is 0 Å². The van der Waals surface area contributed by atoms with Gasteiger partial charge in [0.2, 0.25) is 0 Å². The van der Waals surface area contributed by atoms with E-state index in [0.717, 1.165) is 18.8 Å². The Morgan fingerprint density at radius 2 is 2.09 bits per heavy atom. The molecule has 0 spiro atoms. The zero-order chi connectivity index (χ0) is 15.6. The summed E-state index contributed by atoms with van der Waals surface area (Å²) in [5.41, 5.74) is 1.21. The Hall–Kier alpha value is -0.0600. The highest BCUT2D eigenvalue weighted by Crippen LogP contribution is 2.54. The van der Waals surface area contributed by atoms with E-state index in [4.69, 9.17) is 9.15 Å². The highest BCUT2D eigenvalue weighted by molar-refractivity contribution is 8.18. The molecule has 3 rings (SSSR count). The van der Waals surface area contributed by atoms with Crippen molar-refractivity contribution in [2.24, 2.45) is 5.92 Å². The Morgan fingerprint density at radius 3 is 2.73 bits per heavy atom. The van der Waals surface area contributed by atoms with Gasteiger partial charge in [-0.1, -0.05) is 13.8 Å². The van der Waals surface area contributed by atoms with Gasteiger partial charge in [0.25, 0.3) is 0 Å². The van der Waals surface area contributed by atoms with Gasteiger partial charge in [0.05, 0.1) is 28.3 Å². The first-order chi connectivity index (χ1) is 10.5. The van der Waals surface area contributed by atoms with Gasteiger partial charge in [-0.2, -0.15) is 0 Å². The first-order valence-electron chi connectivity index (χ1n) is 8.48. The molecule has 0 N–H and O–H groups in total. The van der Waals surface area contributed by atoms with Crippen LogP contribution in [0.3, 0.4) is 0 Å². The monoisotopic (exact) mass is 340 g/mol. The van der Waals surface area contributed by atoms with Gasteiger partial charge in [0.15, 0.2) is 0 Å². The van der Waals surface area contributed by atoms with Crippen LogP contribution < -0.4 is 0 Å². The second kappa shape index (κ2) is 6.82. The second-order valence-electron chi connectivity index (χ2n) is 7.39.